The van der Waals surface area contributed by atoms with Gasteiger partial charge in [-0.25, -0.2) is 0 Å². The molecule has 77 spiro atoms. The van der Waals surface area contributed by atoms with Crippen molar-refractivity contribution >= 4 is 8.41 Å². The molecule has 98 fully saturated rings. The highest BCUT2D eigenvalue weighted by Gasteiger charge is 3.94. The average Bonchev–Trinajstić information content (AvgIpc) is 1.01. The summed E-state index contributed by atoms with van der Waals surface area (Å²) in [5.41, 5.74) is 89.6. The molecule has 130 heavy (non-hydrogen) atoms. The van der Waals surface area contributed by atoms with Crippen molar-refractivity contribution in [2.24, 2.45) is 440 Å². The van der Waals surface area contributed by atoms with Crippen molar-refractivity contribution in [3.8, 4) is 0 Å². The first-order chi connectivity index (χ1) is 61.3. The van der Waals surface area contributed by atoms with Crippen LogP contribution in [0.15, 0.2) is 0 Å². The summed E-state index contributed by atoms with van der Waals surface area (Å²) in [6, 6.07) is 0. The van der Waals surface area contributed by atoms with Gasteiger partial charge in [-0.2, -0.15) is 0 Å². The van der Waals surface area contributed by atoms with Crippen LogP contribution in [0.5, 0.6) is 0 Å². The molecular formula is C128H81BF. The second-order valence-electron chi connectivity index (χ2n) is 82.5. The lowest BCUT2D eigenvalue weighted by Crippen LogP contribution is -3.80. The van der Waals surface area contributed by atoms with Gasteiger partial charge in [0, 0.05) is 11.3 Å². The summed E-state index contributed by atoms with van der Waals surface area (Å²) in [6.45, 7) is 0. The minimum absolute atomic E-state index is 0. The third-order valence-electron chi connectivity index (χ3n) is 114. The van der Waals surface area contributed by atoms with Gasteiger partial charge in [0.1, 0.15) is 0 Å². The Morgan fingerprint density at radius 3 is 0.315 bits per heavy atom. The molecule has 603 valence electrons. The maximum atomic E-state index is 1.96. The molecule has 98 aliphatic rings. The zero-order chi connectivity index (χ0) is 66.4. The monoisotopic (exact) mass is 1650 g/mol. The molecule has 0 aromatic rings. The molecule has 98 saturated carbocycles. The fourth-order valence-electron chi connectivity index (χ4n) is 152. The van der Waals surface area contributed by atoms with Crippen molar-refractivity contribution < 1.29 is 7.56 Å². The molecule has 0 aliphatic heterocycles. The third kappa shape index (κ3) is 0.821. The van der Waals surface area contributed by atoms with E-state index in [1.807, 2.05) is 25.7 Å². The summed E-state index contributed by atoms with van der Waals surface area (Å²) in [7, 11) is 0. The molecule has 2 heteroatoms. The highest BCUT2D eigenvalue weighted by molar-refractivity contribution is 7.00. The molecule has 0 N–H and O–H groups in total. The molecule has 98 rings (SSSR count). The van der Waals surface area contributed by atoms with Crippen LogP contribution in [0.2, 0.25) is 0 Å². The summed E-state index contributed by atoms with van der Waals surface area (Å²) < 4.78 is 0. The Labute approximate surface area is 742 Å². The molecule has 0 aromatic carbocycles. The highest BCUT2D eigenvalue weighted by Crippen LogP contribution is 3.99. The Morgan fingerprint density at radius 2 is 0.200 bits per heavy atom. The van der Waals surface area contributed by atoms with Gasteiger partial charge < -0.3 is 0 Å². The first kappa shape index (κ1) is 45.5. The first-order valence-corrected chi connectivity index (χ1v) is 61.3. The van der Waals surface area contributed by atoms with E-state index in [0.717, 1.165) is 195 Å². The van der Waals surface area contributed by atoms with E-state index in [1.54, 1.807) is 0 Å². The maximum Gasteiger partial charge on any atom is 0 e. The van der Waals surface area contributed by atoms with Gasteiger partial charge in [0.15, 0.2) is 0 Å². The van der Waals surface area contributed by atoms with E-state index in [9.17, 15) is 0 Å². The fourth-order valence-corrected chi connectivity index (χ4v) is 152. The van der Waals surface area contributed by atoms with Crippen LogP contribution in [-0.4, -0.2) is 8.41 Å². The minimum Gasteiger partial charge on any atom is -0.269 e. The summed E-state index contributed by atoms with van der Waals surface area (Å²) in [5.74, 6) is 52.8. The molecule has 0 heterocycles. The quantitative estimate of drug-likeness (QED) is 0.212. The van der Waals surface area contributed by atoms with E-state index in [4.69, 9.17) is 0 Å². The van der Waals surface area contributed by atoms with Crippen LogP contribution in [0, 0.1) is 630 Å². The number of rotatable bonds is 0. The molecule has 92 atom stereocenters. The molecule has 0 amide bonds. The van der Waals surface area contributed by atoms with Gasteiger partial charge in [-0.05, 0) is 656 Å². The normalized spacial score (nSPS) is 145. The van der Waals surface area contributed by atoms with Gasteiger partial charge in [-0.3, -0.25) is 4.70 Å². The van der Waals surface area contributed by atoms with Crippen LogP contribution in [0.4, 0.5) is 4.70 Å². The van der Waals surface area contributed by atoms with Gasteiger partial charge in [0.2, 0.25) is 0 Å². The maximum absolute atomic E-state index is 1.96. The topological polar surface area (TPSA) is 0 Å². The van der Waals surface area contributed by atoms with Gasteiger partial charge >= 0.3 is 0 Å². The van der Waals surface area contributed by atoms with Crippen LogP contribution in [-0.2, 0) is 0 Å². The van der Waals surface area contributed by atoms with Crippen molar-refractivity contribution in [1.29, 1.82) is 0 Å². The standard InChI is InChI=1S/C117H44.2C3H6.5CH4.B.FH.2H2/c1-5-13-21-29-22-14-6-2-10-18-27-33-37-40-38-34-28-20-12-4-8-16-24-30-23-15-7-3-11-19-26-32-36-39-35-31-25-17-9(1)41(5)45(13)53(21)61(29)54(22)46(14)42(6,10)50(18)59(27)65(33)69(37)72(40)70(38)66(34)60(28)52(20)44(8,12)48(16)56(24)62(30)55(23)47(15)43(7,11)51(19)58(26)64(32)68(36)71(39)67(35)63(31)57(25)49(17,41)73(45)77(53)85(61)78(54)74(46,50)82(59)89(65)93(69)96(72)94(70)90(66)84(60)76(48,52)80(56)86(62)79(55)75(47,51)83(58)88(64)92(68)95(71)91(67)87(63)81(57,73)97(77)101(85)98(78,82)104(89)109(93)112(96)110(94)106(90)100(80,84)102(86)99(79,83)105(88)108(92)111(95)107(91)103(87,97)113(101,104)115(107,109)117(111,112)116(108,110)114(102,105)106;2*1-2-3-1;;;;;;;;;/h5-40H,1-4H2;2*1-3H2;5*1H4;;3*1H/i;;;;;;;;;;1+1;. The molecule has 92 unspecified atom stereocenters. The smallest absolute Gasteiger partial charge is 0 e. The average molecular weight is 1650 g/mol. The molecule has 0 bridgehead atoms. The molecule has 0 aromatic heterocycles. The van der Waals surface area contributed by atoms with Crippen LogP contribution >= 0.6 is 0 Å². The van der Waals surface area contributed by atoms with Crippen molar-refractivity contribution in [3.05, 3.63) is 190 Å². The summed E-state index contributed by atoms with van der Waals surface area (Å²) in [6.07, 6.45) is 16.8. The van der Waals surface area contributed by atoms with Gasteiger partial charge in [0.25, 0.3) is 0 Å². The molecular weight excluding hydrogens is 1570 g/mol. The van der Waals surface area contributed by atoms with Crippen molar-refractivity contribution in [3.63, 3.8) is 0 Å². The van der Waals surface area contributed by atoms with E-state index >= 15 is 0 Å². The summed E-state index contributed by atoms with van der Waals surface area (Å²) in [4.78, 5) is 0. The SMILES string of the molecule is C.C.C.C.C.C1C2C3C4C5C6C7C8CC9C%10C%11C%12C%13C%14C%15C%16C%17C%18C%19CC%20C%21C%22C%23C%24C%25C%26CC%27C%28C%29C%30C%31C%32C%33C%34C%35C%36C1C21C32C43C54C65C76C89C%107C%118C%129C%13%10C%14%11C%15%12C%16%13C%17%14C%18%15C%20%19C%21%16C%22%17C%23%18C%24%19C%25%20C%26%27C%28%21C%29%22C%30%23C%31%24C%32%25C%33%26C%34%27C%35%28C%361C21C32C43C54C67C85C96C%107C%118C%129C%13%10C%14%11C%16%15C%17%12C%18%13C%19%14C%20%21C%22%15C%23%16C%24%17C%25%18C%26%19C%27%20C%281C21C32C45C63C74C85C96C%107C%12%11C%138C%14%15C%169C%17%10C%18%11C%19%12C%201C23C%124C%115C%106C897.C1CC1.C1CC1.F.[2HH].[B].[HH]. The summed E-state index contributed by atoms with van der Waals surface area (Å²) >= 11 is 0. The number of hydrogen-bond acceptors (Lipinski definition) is 0. The largest absolute Gasteiger partial charge is 0.269 e. The third-order valence-corrected chi connectivity index (χ3v) is 114. The van der Waals surface area contributed by atoms with Crippen LogP contribution in [0.25, 0.3) is 0 Å². The predicted octanol–water partition coefficient (Wildman–Crippen LogP) is 14.6. The molecule has 0 saturated heterocycles. The fraction of sp³-hybridized carbons (Fsp3) is 1.00. The lowest BCUT2D eigenvalue weighted by atomic mass is 8.16. The van der Waals surface area contributed by atoms with Crippen molar-refractivity contribution in [2.45, 2.75) is 101 Å². The van der Waals surface area contributed by atoms with Crippen LogP contribution in [0.1, 0.15) is 104 Å². The number of hydrogen-bond donors (Lipinski definition) is 0. The van der Waals surface area contributed by atoms with Gasteiger partial charge in [-0.15, -0.1) is 0 Å². The second-order valence-corrected chi connectivity index (χ2v) is 82.5. The van der Waals surface area contributed by atoms with Gasteiger partial charge in [0.05, 0.1) is 0 Å². The Hall–Kier alpha value is -0.00506. The number of halogens is 1. The van der Waals surface area contributed by atoms with Crippen molar-refractivity contribution in [2.75, 3.05) is 0 Å². The van der Waals surface area contributed by atoms with Crippen molar-refractivity contribution in [1.82, 2.24) is 0 Å². The zero-order valence-corrected chi connectivity index (χ0v) is 67.3. The van der Waals surface area contributed by atoms with E-state index in [-0.39, 0.29) is 53.1 Å². The Morgan fingerprint density at radius 1 is 0.115 bits per heavy atom. The Kier molecular flexibility index (Phi) is 2.20. The van der Waals surface area contributed by atoms with Crippen LogP contribution in [0.3, 0.4) is 0 Å². The second kappa shape index (κ2) is 6.28. The summed E-state index contributed by atoms with van der Waals surface area (Å²) in [5, 5.41) is 0. The van der Waals surface area contributed by atoms with E-state index in [0.29, 0.717) is 0 Å². The Bertz CT molecular complexity index is 9560. The predicted molar refractivity (Wildman–Crippen MR) is 434 cm³/mol. The lowest BCUT2D eigenvalue weighted by Gasteiger charge is -3.85. The molecule has 98 aliphatic carbocycles. The highest BCUT2D eigenvalue weighted by atomic mass is 19.0. The molecule has 0 nitrogen and oxygen atoms in total. The van der Waals surface area contributed by atoms with E-state index in [1.165, 1.54) is 474 Å². The van der Waals surface area contributed by atoms with E-state index < -0.39 is 0 Å². The first-order valence-electron chi connectivity index (χ1n) is 61.3. The molecule has 3 radical (unpaired) electrons. The Balaban J connectivity index is 0.000000351. The minimum atomic E-state index is 0. The van der Waals surface area contributed by atoms with Crippen LogP contribution < -0.4 is 0 Å². The number of fused-ring (bicyclic) bond motifs is 32. The van der Waals surface area contributed by atoms with Gasteiger partial charge in [-0.1, -0.05) is 75.7 Å². The lowest BCUT2D eigenvalue weighted by molar-refractivity contribution is -1.15. The zero-order valence-electron chi connectivity index (χ0n) is 67.3. The van der Waals surface area contributed by atoms with E-state index in [2.05, 4.69) is 0 Å².